The fourth-order valence-electron chi connectivity index (χ4n) is 2.90. The Balaban J connectivity index is 2.13. The number of aliphatic hydroxyl groups is 2. The van der Waals surface area contributed by atoms with Gasteiger partial charge in [0.2, 0.25) is 0 Å². The van der Waals surface area contributed by atoms with E-state index in [0.29, 0.717) is 22.4 Å². The molecular weight excluding hydrogens is 300 g/mol. The van der Waals surface area contributed by atoms with Crippen molar-refractivity contribution < 1.29 is 14.9 Å². The molecule has 3 aromatic carbocycles. The van der Waals surface area contributed by atoms with Crippen LogP contribution in [0.3, 0.4) is 0 Å². The largest absolute Gasteiger partial charge is 0.497 e. The normalized spacial score (nSPS) is 14.6. The molecule has 3 heteroatoms. The molecule has 0 fully saturated rings. The first-order valence-corrected chi connectivity index (χ1v) is 7.81. The summed E-state index contributed by atoms with van der Waals surface area (Å²) in [4.78, 5) is 0. The Bertz CT molecular complexity index is 769. The molecule has 3 rings (SSSR count). The topological polar surface area (TPSA) is 49.7 Å². The second kappa shape index (κ2) is 6.87. The lowest BCUT2D eigenvalue weighted by molar-refractivity contribution is -0.0517. The zero-order valence-corrected chi connectivity index (χ0v) is 13.5. The molecule has 2 atom stereocenters. The number of hydrogen-bond acceptors (Lipinski definition) is 3. The van der Waals surface area contributed by atoms with E-state index < -0.39 is 11.7 Å². The highest BCUT2D eigenvalue weighted by molar-refractivity contribution is 5.42. The van der Waals surface area contributed by atoms with Gasteiger partial charge in [-0.2, -0.15) is 0 Å². The minimum Gasteiger partial charge on any atom is -0.497 e. The lowest BCUT2D eigenvalue weighted by atomic mass is 9.79. The summed E-state index contributed by atoms with van der Waals surface area (Å²) in [6, 6.07) is 25.5. The third kappa shape index (κ3) is 2.92. The molecule has 0 saturated heterocycles. The average molecular weight is 320 g/mol. The van der Waals surface area contributed by atoms with Crippen molar-refractivity contribution in [2.45, 2.75) is 11.7 Å². The van der Waals surface area contributed by atoms with Crippen molar-refractivity contribution >= 4 is 0 Å². The molecule has 0 radical (unpaired) electrons. The van der Waals surface area contributed by atoms with Gasteiger partial charge < -0.3 is 14.9 Å². The van der Waals surface area contributed by atoms with E-state index in [4.69, 9.17) is 4.74 Å². The molecule has 3 nitrogen and oxygen atoms in total. The van der Waals surface area contributed by atoms with E-state index in [1.807, 2.05) is 60.7 Å². The molecule has 24 heavy (non-hydrogen) atoms. The van der Waals surface area contributed by atoms with Gasteiger partial charge >= 0.3 is 0 Å². The molecule has 0 amide bonds. The van der Waals surface area contributed by atoms with Crippen molar-refractivity contribution in [3.8, 4) is 5.75 Å². The van der Waals surface area contributed by atoms with Crippen LogP contribution in [0.2, 0.25) is 0 Å². The number of aliphatic hydroxyl groups excluding tert-OH is 1. The number of rotatable bonds is 5. The second-order valence-corrected chi connectivity index (χ2v) is 5.67. The van der Waals surface area contributed by atoms with E-state index in [1.165, 1.54) is 0 Å². The quantitative estimate of drug-likeness (QED) is 0.754. The summed E-state index contributed by atoms with van der Waals surface area (Å²) in [5.74, 6) is 0.698. The zero-order valence-electron chi connectivity index (χ0n) is 13.5. The Labute approximate surface area is 141 Å². The molecule has 0 bridgehead atoms. The van der Waals surface area contributed by atoms with Crippen LogP contribution in [0.25, 0.3) is 0 Å². The van der Waals surface area contributed by atoms with E-state index in [2.05, 4.69) is 0 Å². The lowest BCUT2D eigenvalue weighted by Gasteiger charge is -2.34. The third-order valence-corrected chi connectivity index (χ3v) is 4.26. The first-order valence-electron chi connectivity index (χ1n) is 7.81. The van der Waals surface area contributed by atoms with Crippen LogP contribution < -0.4 is 4.74 Å². The monoisotopic (exact) mass is 320 g/mol. The van der Waals surface area contributed by atoms with Crippen LogP contribution in [0.5, 0.6) is 5.75 Å². The van der Waals surface area contributed by atoms with Gasteiger partial charge in [-0.25, -0.2) is 0 Å². The lowest BCUT2D eigenvalue weighted by Crippen LogP contribution is -2.35. The minimum absolute atomic E-state index is 0.603. The maximum absolute atomic E-state index is 11.5. The maximum Gasteiger partial charge on any atom is 0.145 e. The van der Waals surface area contributed by atoms with Gasteiger partial charge in [-0.05, 0) is 28.8 Å². The number of methoxy groups -OCH3 is 1. The summed E-state index contributed by atoms with van der Waals surface area (Å²) in [5, 5.41) is 22.5. The molecule has 0 aliphatic rings. The van der Waals surface area contributed by atoms with Gasteiger partial charge in [-0.15, -0.1) is 0 Å². The highest BCUT2D eigenvalue weighted by Crippen LogP contribution is 2.41. The van der Waals surface area contributed by atoms with E-state index >= 15 is 0 Å². The Morgan fingerprint density at radius 2 is 1.25 bits per heavy atom. The highest BCUT2D eigenvalue weighted by Gasteiger charge is 2.40. The number of hydrogen-bond donors (Lipinski definition) is 2. The van der Waals surface area contributed by atoms with Crippen molar-refractivity contribution in [2.24, 2.45) is 0 Å². The smallest absolute Gasteiger partial charge is 0.145 e. The molecule has 0 saturated carbocycles. The van der Waals surface area contributed by atoms with E-state index in [0.717, 1.165) is 0 Å². The van der Waals surface area contributed by atoms with Gasteiger partial charge in [0.05, 0.1) is 7.11 Å². The van der Waals surface area contributed by atoms with Crippen LogP contribution in [-0.4, -0.2) is 17.3 Å². The molecule has 0 aliphatic heterocycles. The van der Waals surface area contributed by atoms with Crippen LogP contribution in [0.4, 0.5) is 0 Å². The van der Waals surface area contributed by atoms with Crippen LogP contribution >= 0.6 is 0 Å². The molecule has 0 spiro atoms. The van der Waals surface area contributed by atoms with E-state index in [-0.39, 0.29) is 0 Å². The third-order valence-electron chi connectivity index (χ3n) is 4.26. The maximum atomic E-state index is 11.5. The van der Waals surface area contributed by atoms with Crippen LogP contribution in [-0.2, 0) is 5.60 Å². The summed E-state index contributed by atoms with van der Waals surface area (Å²) in [7, 11) is 1.59. The van der Waals surface area contributed by atoms with Crippen molar-refractivity contribution in [2.75, 3.05) is 7.11 Å². The molecule has 3 aromatic rings. The summed E-state index contributed by atoms with van der Waals surface area (Å²) >= 11 is 0. The molecule has 0 heterocycles. The van der Waals surface area contributed by atoms with Gasteiger partial charge in [0.25, 0.3) is 0 Å². The molecular formula is C21H20O3. The van der Waals surface area contributed by atoms with Gasteiger partial charge in [0, 0.05) is 0 Å². The summed E-state index contributed by atoms with van der Waals surface area (Å²) < 4.78 is 5.19. The molecule has 122 valence electrons. The standard InChI is InChI=1S/C21H20O3/c1-24-19-14-12-18(13-15-19)21(23,17-10-6-3-7-11-17)20(22)16-8-4-2-5-9-16/h2-15,20,22-23H,1H3/t20-,21-/m1/s1. The van der Waals surface area contributed by atoms with Crippen molar-refractivity contribution in [3.05, 3.63) is 102 Å². The zero-order chi connectivity index (χ0) is 17.0. The van der Waals surface area contributed by atoms with Crippen LogP contribution in [0, 0.1) is 0 Å². The Morgan fingerprint density at radius 1 is 0.750 bits per heavy atom. The van der Waals surface area contributed by atoms with E-state index in [1.54, 1.807) is 31.4 Å². The first-order chi connectivity index (χ1) is 11.7. The summed E-state index contributed by atoms with van der Waals surface area (Å²) in [6.45, 7) is 0. The Morgan fingerprint density at radius 3 is 1.79 bits per heavy atom. The fraction of sp³-hybridized carbons (Fsp3) is 0.143. The number of ether oxygens (including phenoxy) is 1. The molecule has 0 aromatic heterocycles. The Kier molecular flexibility index (Phi) is 4.65. The average Bonchev–Trinajstić information content (AvgIpc) is 2.68. The molecule has 0 aliphatic carbocycles. The van der Waals surface area contributed by atoms with Crippen molar-refractivity contribution in [1.82, 2.24) is 0 Å². The van der Waals surface area contributed by atoms with Crippen molar-refractivity contribution in [3.63, 3.8) is 0 Å². The SMILES string of the molecule is COc1ccc([C@](O)(c2ccccc2)[C@H](O)c2ccccc2)cc1. The first kappa shape index (κ1) is 16.2. The van der Waals surface area contributed by atoms with Crippen molar-refractivity contribution in [1.29, 1.82) is 0 Å². The summed E-state index contributed by atoms with van der Waals surface area (Å²) in [6.07, 6.45) is -1.10. The Hall–Kier alpha value is -2.62. The van der Waals surface area contributed by atoms with Gasteiger partial charge in [0.1, 0.15) is 17.5 Å². The minimum atomic E-state index is -1.56. The second-order valence-electron chi connectivity index (χ2n) is 5.67. The summed E-state index contributed by atoms with van der Waals surface area (Å²) in [5.41, 5.74) is 0.326. The predicted octanol–water partition coefficient (Wildman–Crippen LogP) is 3.66. The molecule has 0 unspecified atom stereocenters. The fourth-order valence-corrected chi connectivity index (χ4v) is 2.90. The predicted molar refractivity (Wildman–Crippen MR) is 93.8 cm³/mol. The molecule has 2 N–H and O–H groups in total. The highest BCUT2D eigenvalue weighted by atomic mass is 16.5. The van der Waals surface area contributed by atoms with Crippen LogP contribution in [0.15, 0.2) is 84.9 Å². The van der Waals surface area contributed by atoms with Gasteiger partial charge in [0.15, 0.2) is 0 Å². The van der Waals surface area contributed by atoms with Gasteiger partial charge in [-0.3, -0.25) is 0 Å². The number of benzene rings is 3. The van der Waals surface area contributed by atoms with E-state index in [9.17, 15) is 10.2 Å². The van der Waals surface area contributed by atoms with Gasteiger partial charge in [-0.1, -0.05) is 72.8 Å². The van der Waals surface area contributed by atoms with Crippen LogP contribution in [0.1, 0.15) is 22.8 Å².